The molecule has 0 aromatic heterocycles. The molecule has 3 fully saturated rings. The van der Waals surface area contributed by atoms with Crippen molar-refractivity contribution in [1.29, 1.82) is 0 Å². The Morgan fingerprint density at radius 2 is 1.88 bits per heavy atom. The summed E-state index contributed by atoms with van der Waals surface area (Å²) in [6.07, 6.45) is 11.8. The number of methoxy groups -OCH3 is 1. The lowest BCUT2D eigenvalue weighted by atomic mass is 9.95. The maximum absolute atomic E-state index is 12.9. The zero-order valence-corrected chi connectivity index (χ0v) is 20.1. The molecule has 172 valence electrons. The molecule has 0 atom stereocenters. The smallest absolute Gasteiger partial charge is 0.266 e. The Labute approximate surface area is 199 Å². The first kappa shape index (κ1) is 23.1. The highest BCUT2D eigenvalue weighted by atomic mass is 32.2. The number of ether oxygens (including phenoxy) is 2. The monoisotopic (exact) mass is 474 g/mol. The Morgan fingerprint density at radius 1 is 1.16 bits per heavy atom. The minimum Gasteiger partial charge on any atom is -0.493 e. The summed E-state index contributed by atoms with van der Waals surface area (Å²) in [5.41, 5.74) is 0.827. The predicted octanol–water partition coefficient (Wildman–Crippen LogP) is 4.67. The van der Waals surface area contributed by atoms with Gasteiger partial charge in [0.2, 0.25) is 0 Å². The molecule has 0 unspecified atom stereocenters. The van der Waals surface area contributed by atoms with Crippen LogP contribution in [0, 0.1) is 0 Å². The minimum absolute atomic E-state index is 0.00872. The number of thioether (sulfide) groups is 1. The van der Waals surface area contributed by atoms with Gasteiger partial charge in [-0.1, -0.05) is 62.2 Å². The number of hydrogen-bond donors (Lipinski definition) is 1. The first-order chi connectivity index (χ1) is 15.5. The van der Waals surface area contributed by atoms with E-state index in [1.807, 2.05) is 18.2 Å². The second-order valence-corrected chi connectivity index (χ2v) is 10.3. The summed E-state index contributed by atoms with van der Waals surface area (Å²) in [6, 6.07) is 5.94. The first-order valence-corrected chi connectivity index (χ1v) is 12.6. The quantitative estimate of drug-likeness (QED) is 0.458. The van der Waals surface area contributed by atoms with Gasteiger partial charge in [0.25, 0.3) is 11.8 Å². The molecule has 8 heteroatoms. The van der Waals surface area contributed by atoms with Crippen molar-refractivity contribution < 1.29 is 19.1 Å². The average molecular weight is 475 g/mol. The van der Waals surface area contributed by atoms with E-state index in [4.69, 9.17) is 21.7 Å². The fourth-order valence-electron chi connectivity index (χ4n) is 4.66. The van der Waals surface area contributed by atoms with Crippen LogP contribution >= 0.6 is 24.0 Å². The molecule has 2 aliphatic carbocycles. The van der Waals surface area contributed by atoms with Gasteiger partial charge in [0.1, 0.15) is 4.32 Å². The highest BCUT2D eigenvalue weighted by Crippen LogP contribution is 2.38. The molecule has 2 saturated carbocycles. The van der Waals surface area contributed by atoms with E-state index in [1.165, 1.54) is 31.0 Å². The zero-order valence-electron chi connectivity index (χ0n) is 18.4. The largest absolute Gasteiger partial charge is 0.493 e. The van der Waals surface area contributed by atoms with Crippen molar-refractivity contribution in [1.82, 2.24) is 10.2 Å². The number of hydrogen-bond acceptors (Lipinski definition) is 6. The summed E-state index contributed by atoms with van der Waals surface area (Å²) in [5, 5.41) is 3.05. The van der Waals surface area contributed by atoms with Crippen molar-refractivity contribution in [3.8, 4) is 11.5 Å². The molecule has 3 aliphatic rings. The van der Waals surface area contributed by atoms with E-state index in [1.54, 1.807) is 18.1 Å². The fraction of sp³-hybridized carbons (Fsp3) is 0.542. The van der Waals surface area contributed by atoms with Crippen LogP contribution in [0.4, 0.5) is 0 Å². The Balaban J connectivity index is 1.39. The summed E-state index contributed by atoms with van der Waals surface area (Å²) in [5.74, 6) is 0.904. The number of benzene rings is 1. The van der Waals surface area contributed by atoms with Gasteiger partial charge in [-0.15, -0.1) is 0 Å². The molecule has 1 heterocycles. The van der Waals surface area contributed by atoms with Crippen LogP contribution in [-0.2, 0) is 9.59 Å². The lowest BCUT2D eigenvalue weighted by Gasteiger charge is -2.22. The van der Waals surface area contributed by atoms with E-state index in [0.29, 0.717) is 20.7 Å². The number of rotatable bonds is 7. The van der Waals surface area contributed by atoms with Crippen molar-refractivity contribution in [3.63, 3.8) is 0 Å². The van der Waals surface area contributed by atoms with Crippen molar-refractivity contribution in [3.05, 3.63) is 28.7 Å². The number of amides is 2. The third-order valence-electron chi connectivity index (χ3n) is 6.33. The van der Waals surface area contributed by atoms with Crippen LogP contribution in [-0.4, -0.2) is 46.8 Å². The van der Waals surface area contributed by atoms with Crippen molar-refractivity contribution in [2.45, 2.75) is 69.9 Å². The molecule has 6 nitrogen and oxygen atoms in total. The van der Waals surface area contributed by atoms with E-state index in [-0.39, 0.29) is 30.5 Å². The average Bonchev–Trinajstić information content (AvgIpc) is 3.41. The molecule has 1 N–H and O–H groups in total. The van der Waals surface area contributed by atoms with E-state index >= 15 is 0 Å². The van der Waals surface area contributed by atoms with Gasteiger partial charge in [0.15, 0.2) is 18.1 Å². The molecular weight excluding hydrogens is 444 g/mol. The number of thiocarbonyl (C=S) groups is 1. The van der Waals surface area contributed by atoms with Gasteiger partial charge < -0.3 is 14.8 Å². The van der Waals surface area contributed by atoms with Crippen molar-refractivity contribution in [2.75, 3.05) is 13.7 Å². The molecule has 32 heavy (non-hydrogen) atoms. The molecule has 2 amide bonds. The highest BCUT2D eigenvalue weighted by Gasteiger charge is 2.38. The molecule has 0 radical (unpaired) electrons. The summed E-state index contributed by atoms with van der Waals surface area (Å²) in [7, 11) is 1.56. The maximum atomic E-state index is 12.9. The lowest BCUT2D eigenvalue weighted by molar-refractivity contribution is -0.124. The molecule has 4 rings (SSSR count). The van der Waals surface area contributed by atoms with Gasteiger partial charge in [-0.2, -0.15) is 0 Å². The SMILES string of the molecule is COc1cc(/C=C2/SC(=S)N(C3CCCC3)C2=O)ccc1OCC(=O)NC1CCCCC1. The predicted molar refractivity (Wildman–Crippen MR) is 131 cm³/mol. The third-order valence-corrected chi connectivity index (χ3v) is 7.66. The number of carbonyl (C=O) groups excluding carboxylic acids is 2. The van der Waals surface area contributed by atoms with Crippen LogP contribution in [0.25, 0.3) is 6.08 Å². The van der Waals surface area contributed by atoms with Crippen LogP contribution in [0.3, 0.4) is 0 Å². The topological polar surface area (TPSA) is 67.9 Å². The van der Waals surface area contributed by atoms with Gasteiger partial charge in [0, 0.05) is 12.1 Å². The van der Waals surface area contributed by atoms with Gasteiger partial charge in [-0.05, 0) is 49.5 Å². The highest BCUT2D eigenvalue weighted by molar-refractivity contribution is 8.26. The molecule has 0 bridgehead atoms. The zero-order chi connectivity index (χ0) is 22.5. The Hall–Kier alpha value is -2.06. The Morgan fingerprint density at radius 3 is 2.59 bits per heavy atom. The molecular formula is C24H30N2O4S2. The molecule has 1 aromatic rings. The van der Waals surface area contributed by atoms with Crippen molar-refractivity contribution >= 4 is 46.2 Å². The third kappa shape index (κ3) is 5.46. The van der Waals surface area contributed by atoms with Gasteiger partial charge >= 0.3 is 0 Å². The minimum atomic E-state index is -0.112. The Bertz CT molecular complexity index is 905. The standard InChI is InChI=1S/C24H30N2O4S2/c1-29-20-13-16(14-21-23(28)26(24(31)32-21)18-9-5-6-10-18)11-12-19(20)30-15-22(27)25-17-7-3-2-4-8-17/h11-14,17-18H,2-10,15H2,1H3,(H,25,27)/b21-14+. The van der Waals surface area contributed by atoms with Gasteiger partial charge in [-0.3, -0.25) is 14.5 Å². The van der Waals surface area contributed by atoms with Crippen LogP contribution in [0.5, 0.6) is 11.5 Å². The fourth-order valence-corrected chi connectivity index (χ4v) is 6.06. The molecule has 1 saturated heterocycles. The second-order valence-electron chi connectivity index (χ2n) is 8.59. The summed E-state index contributed by atoms with van der Waals surface area (Å²) in [4.78, 5) is 27.6. The molecule has 1 aliphatic heterocycles. The van der Waals surface area contributed by atoms with Gasteiger partial charge in [0.05, 0.1) is 12.0 Å². The van der Waals surface area contributed by atoms with E-state index in [2.05, 4.69) is 5.32 Å². The normalized spacial score (nSPS) is 21.4. The van der Waals surface area contributed by atoms with E-state index in [9.17, 15) is 9.59 Å². The second kappa shape index (κ2) is 10.7. The molecule has 1 aromatic carbocycles. The maximum Gasteiger partial charge on any atom is 0.266 e. The lowest BCUT2D eigenvalue weighted by Crippen LogP contribution is -2.39. The van der Waals surface area contributed by atoms with Gasteiger partial charge in [-0.25, -0.2) is 0 Å². The number of nitrogens with one attached hydrogen (secondary N) is 1. The Kier molecular flexibility index (Phi) is 7.73. The van der Waals surface area contributed by atoms with Crippen LogP contribution < -0.4 is 14.8 Å². The first-order valence-electron chi connectivity index (χ1n) is 11.4. The molecule has 0 spiro atoms. The van der Waals surface area contributed by atoms with Crippen molar-refractivity contribution in [2.24, 2.45) is 0 Å². The van der Waals surface area contributed by atoms with Crippen LogP contribution in [0.15, 0.2) is 23.1 Å². The number of carbonyl (C=O) groups is 2. The summed E-state index contributed by atoms with van der Waals surface area (Å²) in [6.45, 7) is -0.0494. The summed E-state index contributed by atoms with van der Waals surface area (Å²) < 4.78 is 11.8. The van der Waals surface area contributed by atoms with E-state index in [0.717, 1.165) is 44.1 Å². The van der Waals surface area contributed by atoms with Crippen LogP contribution in [0.1, 0.15) is 63.4 Å². The van der Waals surface area contributed by atoms with Crippen LogP contribution in [0.2, 0.25) is 0 Å². The van der Waals surface area contributed by atoms with E-state index < -0.39 is 0 Å². The number of nitrogens with zero attached hydrogens (tertiary/aromatic N) is 1. The summed E-state index contributed by atoms with van der Waals surface area (Å²) >= 11 is 6.83.